The molecule has 28 heavy (non-hydrogen) atoms. The average molecular weight is 412 g/mol. The number of aromatic nitrogens is 1. The first-order chi connectivity index (χ1) is 13.5. The summed E-state index contributed by atoms with van der Waals surface area (Å²) in [6.07, 6.45) is 1.69. The van der Waals surface area contributed by atoms with Gasteiger partial charge in [0.2, 0.25) is 0 Å². The molecule has 0 aliphatic rings. The van der Waals surface area contributed by atoms with Crippen molar-refractivity contribution in [2.45, 2.75) is 30.9 Å². The maximum Gasteiger partial charge on any atom is 0.253 e. The summed E-state index contributed by atoms with van der Waals surface area (Å²) in [5, 5.41) is 4.57. The van der Waals surface area contributed by atoms with Gasteiger partial charge in [-0.15, -0.1) is 11.8 Å². The van der Waals surface area contributed by atoms with Crippen molar-refractivity contribution in [3.05, 3.63) is 82.6 Å². The molecular weight excluding hydrogens is 390 g/mol. The van der Waals surface area contributed by atoms with Crippen LogP contribution in [0, 0.1) is 13.8 Å². The predicted molar refractivity (Wildman–Crippen MR) is 118 cm³/mol. The molecule has 144 valence electrons. The highest BCUT2D eigenvalue weighted by molar-refractivity contribution is 8.00. The lowest BCUT2D eigenvalue weighted by atomic mass is 10.2. The van der Waals surface area contributed by atoms with Gasteiger partial charge in [-0.05, 0) is 63.2 Å². The fraction of sp³-hybridized carbons (Fsp3) is 0.182. The van der Waals surface area contributed by atoms with Crippen LogP contribution in [-0.4, -0.2) is 21.9 Å². The highest BCUT2D eigenvalue weighted by Crippen LogP contribution is 2.24. The molecule has 0 fully saturated rings. The molecule has 1 atom stereocenters. The van der Waals surface area contributed by atoms with E-state index in [9.17, 15) is 4.79 Å². The minimum Gasteiger partial charge on any atom is -0.318 e. The molecule has 6 heteroatoms. The Morgan fingerprint density at radius 1 is 1.14 bits per heavy atom. The van der Waals surface area contributed by atoms with Crippen molar-refractivity contribution < 1.29 is 4.79 Å². The van der Waals surface area contributed by atoms with Gasteiger partial charge in [-0.2, -0.15) is 5.10 Å². The van der Waals surface area contributed by atoms with Gasteiger partial charge in [-0.1, -0.05) is 29.8 Å². The molecule has 2 aromatic carbocycles. The molecule has 1 heterocycles. The van der Waals surface area contributed by atoms with Crippen LogP contribution in [0.1, 0.15) is 23.9 Å². The summed E-state index contributed by atoms with van der Waals surface area (Å²) < 4.78 is 2.17. The Hall–Kier alpha value is -2.50. The molecule has 0 saturated carbocycles. The van der Waals surface area contributed by atoms with Crippen LogP contribution in [0.15, 0.2) is 70.7 Å². The first kappa shape index (κ1) is 20.2. The van der Waals surface area contributed by atoms with Crippen LogP contribution in [0.25, 0.3) is 5.69 Å². The number of halogens is 1. The van der Waals surface area contributed by atoms with Crippen LogP contribution in [0.3, 0.4) is 0 Å². The Bertz CT molecular complexity index is 981. The third-order valence-corrected chi connectivity index (χ3v) is 5.72. The topological polar surface area (TPSA) is 46.4 Å². The number of carbonyl (C=O) groups excluding carboxylic acids is 1. The molecule has 0 bridgehead atoms. The summed E-state index contributed by atoms with van der Waals surface area (Å²) in [5.41, 5.74) is 6.90. The van der Waals surface area contributed by atoms with Crippen molar-refractivity contribution in [1.29, 1.82) is 0 Å². The fourth-order valence-electron chi connectivity index (χ4n) is 2.92. The maximum absolute atomic E-state index is 12.3. The van der Waals surface area contributed by atoms with Crippen molar-refractivity contribution in [2.75, 3.05) is 0 Å². The molecule has 4 nitrogen and oxygen atoms in total. The first-order valence-corrected chi connectivity index (χ1v) is 10.2. The number of para-hydroxylation sites is 1. The van der Waals surface area contributed by atoms with Gasteiger partial charge in [0.25, 0.3) is 5.91 Å². The standard InChI is InChI=1S/C22H22ClN3OS/c1-15-13-18(16(2)26(15)20-7-5-4-6-8-20)14-24-25-22(27)17(3)28-21-11-9-19(23)10-12-21/h4-14,17H,1-3H3,(H,25,27)/b24-14-/t17-/m0/s1. The lowest BCUT2D eigenvalue weighted by molar-refractivity contribution is -0.120. The molecule has 0 unspecified atom stereocenters. The third-order valence-electron chi connectivity index (χ3n) is 4.36. The van der Waals surface area contributed by atoms with E-state index in [4.69, 9.17) is 11.6 Å². The van der Waals surface area contributed by atoms with Crippen LogP contribution in [0.5, 0.6) is 0 Å². The van der Waals surface area contributed by atoms with Crippen molar-refractivity contribution in [3.8, 4) is 5.69 Å². The van der Waals surface area contributed by atoms with Crippen LogP contribution in [0.4, 0.5) is 0 Å². The Kier molecular flexibility index (Phi) is 6.60. The van der Waals surface area contributed by atoms with Crippen molar-refractivity contribution in [1.82, 2.24) is 9.99 Å². The van der Waals surface area contributed by atoms with Crippen molar-refractivity contribution in [2.24, 2.45) is 5.10 Å². The van der Waals surface area contributed by atoms with E-state index in [1.54, 1.807) is 6.21 Å². The van der Waals surface area contributed by atoms with Gasteiger partial charge < -0.3 is 4.57 Å². The number of hydrogen-bond donors (Lipinski definition) is 1. The largest absolute Gasteiger partial charge is 0.318 e. The summed E-state index contributed by atoms with van der Waals surface area (Å²) in [4.78, 5) is 13.3. The summed E-state index contributed by atoms with van der Waals surface area (Å²) in [5.74, 6) is -0.145. The SMILES string of the molecule is Cc1cc(/C=N\NC(=O)[C@H](C)Sc2ccc(Cl)cc2)c(C)n1-c1ccccc1. The maximum atomic E-state index is 12.3. The number of nitrogens with one attached hydrogen (secondary N) is 1. The number of hydrazone groups is 1. The van der Waals surface area contributed by atoms with Gasteiger partial charge in [-0.25, -0.2) is 5.43 Å². The van der Waals surface area contributed by atoms with E-state index in [0.29, 0.717) is 5.02 Å². The molecule has 0 aliphatic heterocycles. The zero-order valence-corrected chi connectivity index (χ0v) is 17.6. The predicted octanol–water partition coefficient (Wildman–Crippen LogP) is 5.38. The van der Waals surface area contributed by atoms with E-state index < -0.39 is 0 Å². The lowest BCUT2D eigenvalue weighted by Gasteiger charge is -2.09. The molecule has 1 amide bonds. The smallest absolute Gasteiger partial charge is 0.253 e. The third kappa shape index (κ3) is 4.86. The van der Waals surface area contributed by atoms with Crippen molar-refractivity contribution in [3.63, 3.8) is 0 Å². The summed E-state index contributed by atoms with van der Waals surface area (Å²) >= 11 is 7.36. The van der Waals surface area contributed by atoms with Gasteiger partial charge in [-0.3, -0.25) is 4.79 Å². The molecule has 0 radical (unpaired) electrons. The minimum atomic E-state index is -0.268. The molecule has 0 spiro atoms. The number of carbonyl (C=O) groups is 1. The molecule has 3 rings (SSSR count). The second kappa shape index (κ2) is 9.13. The minimum absolute atomic E-state index is 0.145. The van der Waals surface area contributed by atoms with Gasteiger partial charge in [0.1, 0.15) is 0 Å². The first-order valence-electron chi connectivity index (χ1n) is 8.95. The Balaban J connectivity index is 1.64. The van der Waals surface area contributed by atoms with Crippen LogP contribution in [0.2, 0.25) is 5.02 Å². The highest BCUT2D eigenvalue weighted by Gasteiger charge is 2.14. The molecule has 0 aliphatic carbocycles. The fourth-order valence-corrected chi connectivity index (χ4v) is 3.91. The summed E-state index contributed by atoms with van der Waals surface area (Å²) in [7, 11) is 0. The van der Waals surface area contributed by atoms with E-state index in [1.807, 2.05) is 56.3 Å². The zero-order valence-electron chi connectivity index (χ0n) is 16.0. The van der Waals surface area contributed by atoms with E-state index in [-0.39, 0.29) is 11.2 Å². The van der Waals surface area contributed by atoms with Gasteiger partial charge in [0.05, 0.1) is 11.5 Å². The normalized spacial score (nSPS) is 12.3. The second-order valence-electron chi connectivity index (χ2n) is 6.45. The van der Waals surface area contributed by atoms with E-state index in [1.165, 1.54) is 11.8 Å². The second-order valence-corrected chi connectivity index (χ2v) is 8.30. The zero-order chi connectivity index (χ0) is 20.1. The number of hydrogen-bond acceptors (Lipinski definition) is 3. The van der Waals surface area contributed by atoms with Crippen LogP contribution in [-0.2, 0) is 4.79 Å². The molecule has 1 N–H and O–H groups in total. The van der Waals surface area contributed by atoms with Crippen molar-refractivity contribution >= 4 is 35.5 Å². The number of nitrogens with zero attached hydrogens (tertiary/aromatic N) is 2. The molecule has 3 aromatic rings. The number of aryl methyl sites for hydroxylation is 1. The monoisotopic (exact) mass is 411 g/mol. The quantitative estimate of drug-likeness (QED) is 0.336. The van der Waals surface area contributed by atoms with Gasteiger partial charge in [0.15, 0.2) is 0 Å². The summed E-state index contributed by atoms with van der Waals surface area (Å²) in [6, 6.07) is 19.7. The number of thioether (sulfide) groups is 1. The molecular formula is C22H22ClN3OS. The molecule has 1 aromatic heterocycles. The average Bonchev–Trinajstić information content (AvgIpc) is 2.97. The highest BCUT2D eigenvalue weighted by atomic mass is 35.5. The molecule has 0 saturated heterocycles. The van der Waals surface area contributed by atoms with Gasteiger partial charge in [0, 0.05) is 32.6 Å². The van der Waals surface area contributed by atoms with Gasteiger partial charge >= 0.3 is 0 Å². The van der Waals surface area contributed by atoms with Crippen LogP contribution < -0.4 is 5.43 Å². The Labute approximate surface area is 174 Å². The Morgan fingerprint density at radius 2 is 1.82 bits per heavy atom. The Morgan fingerprint density at radius 3 is 2.50 bits per heavy atom. The number of rotatable bonds is 6. The van der Waals surface area contributed by atoms with E-state index in [0.717, 1.165) is 27.5 Å². The van der Waals surface area contributed by atoms with Crippen LogP contribution >= 0.6 is 23.4 Å². The number of benzene rings is 2. The van der Waals surface area contributed by atoms with E-state index >= 15 is 0 Å². The summed E-state index contributed by atoms with van der Waals surface area (Å²) in [6.45, 7) is 5.95. The number of amides is 1. The lowest BCUT2D eigenvalue weighted by Crippen LogP contribution is -2.26. The van der Waals surface area contributed by atoms with E-state index in [2.05, 4.69) is 40.2 Å².